The van der Waals surface area contributed by atoms with Crippen molar-refractivity contribution in [3.8, 4) is 33.4 Å². The Kier molecular flexibility index (Phi) is 8.86. The Labute approximate surface area is 347 Å². The van der Waals surface area contributed by atoms with Crippen LogP contribution in [0.1, 0.15) is 42.5 Å². The lowest BCUT2D eigenvalue weighted by Gasteiger charge is -2.22. The van der Waals surface area contributed by atoms with Gasteiger partial charge in [0.05, 0.1) is 11.8 Å². The van der Waals surface area contributed by atoms with Gasteiger partial charge in [-0.15, -0.1) is 11.3 Å². The topological polar surface area (TPSA) is 37.9 Å². The van der Waals surface area contributed by atoms with Crippen LogP contribution in [-0.2, 0) is 0 Å². The Hall–Kier alpha value is -6.88. The van der Waals surface area contributed by atoms with E-state index in [9.17, 15) is 0 Å². The summed E-state index contributed by atoms with van der Waals surface area (Å²) in [6.45, 7) is 2.28. The molecule has 4 heteroatoms. The van der Waals surface area contributed by atoms with Crippen LogP contribution < -0.4 is 0 Å². The van der Waals surface area contributed by atoms with Crippen molar-refractivity contribution in [1.29, 1.82) is 0 Å². The smallest absolute Gasteiger partial charge is 0.155 e. The molecule has 8 aromatic carbocycles. The lowest BCUT2D eigenvalue weighted by Crippen LogP contribution is -2.14. The van der Waals surface area contributed by atoms with Crippen LogP contribution in [0.5, 0.6) is 0 Å². The molecule has 59 heavy (non-hydrogen) atoms. The minimum atomic E-state index is -0.0964. The molecule has 1 aliphatic heterocycles. The van der Waals surface area contributed by atoms with E-state index in [1.54, 1.807) is 0 Å². The molecule has 1 aliphatic rings. The molecule has 2 unspecified atom stereocenters. The van der Waals surface area contributed by atoms with Crippen molar-refractivity contribution < 1.29 is 4.42 Å². The second-order valence-corrected chi connectivity index (χ2v) is 16.6. The number of nitrogens with zero attached hydrogens (tertiary/aromatic N) is 2. The van der Waals surface area contributed by atoms with Gasteiger partial charge in [-0.25, -0.2) is 4.99 Å². The first-order chi connectivity index (χ1) is 29.2. The molecular weight excluding hydrogens is 737 g/mol. The molecule has 0 N–H and O–H groups in total. The van der Waals surface area contributed by atoms with Crippen molar-refractivity contribution in [2.75, 3.05) is 0 Å². The van der Waals surface area contributed by atoms with Gasteiger partial charge in [0.15, 0.2) is 5.84 Å². The van der Waals surface area contributed by atoms with Crippen LogP contribution in [0.4, 0.5) is 0 Å². The first kappa shape index (κ1) is 35.3. The van der Waals surface area contributed by atoms with E-state index in [0.29, 0.717) is 0 Å². The third-order valence-electron chi connectivity index (χ3n) is 12.0. The molecule has 0 saturated heterocycles. The molecule has 282 valence electrons. The van der Waals surface area contributed by atoms with Gasteiger partial charge in [-0.1, -0.05) is 177 Å². The molecule has 2 aromatic heterocycles. The monoisotopic (exact) mass is 776 g/mol. The van der Waals surface area contributed by atoms with Gasteiger partial charge in [0, 0.05) is 42.1 Å². The van der Waals surface area contributed by atoms with E-state index >= 15 is 0 Å². The molecule has 0 fully saturated rings. The van der Waals surface area contributed by atoms with Crippen LogP contribution in [0.3, 0.4) is 0 Å². The number of hydrogen-bond donors (Lipinski definition) is 0. The summed E-state index contributed by atoms with van der Waals surface area (Å²) >= 11 is 1.88. The fraction of sp³-hybridized carbons (Fsp3) is 0.0909. The summed E-state index contributed by atoms with van der Waals surface area (Å²) in [5, 5.41) is 4.82. The number of benzene rings is 8. The lowest BCUT2D eigenvalue weighted by atomic mass is 9.85. The fourth-order valence-corrected chi connectivity index (χ4v) is 10.2. The Morgan fingerprint density at radius 3 is 1.93 bits per heavy atom. The zero-order valence-electron chi connectivity index (χ0n) is 32.7. The van der Waals surface area contributed by atoms with Crippen molar-refractivity contribution in [3.63, 3.8) is 0 Å². The maximum atomic E-state index is 6.71. The summed E-state index contributed by atoms with van der Waals surface area (Å²) in [4.78, 5) is 10.9. The van der Waals surface area contributed by atoms with Crippen LogP contribution in [-0.4, -0.2) is 11.5 Å². The summed E-state index contributed by atoms with van der Waals surface area (Å²) in [6, 6.07) is 67.3. The number of aliphatic imine (C=N–C) groups is 2. The Morgan fingerprint density at radius 1 is 0.525 bits per heavy atom. The van der Waals surface area contributed by atoms with Crippen molar-refractivity contribution in [2.24, 2.45) is 15.9 Å². The molecule has 0 saturated carbocycles. The molecule has 0 bridgehead atoms. The number of thiophene rings is 1. The van der Waals surface area contributed by atoms with Gasteiger partial charge in [0.25, 0.3) is 0 Å². The number of furan rings is 1. The van der Waals surface area contributed by atoms with Crippen LogP contribution in [0.15, 0.2) is 202 Å². The average Bonchev–Trinajstić information content (AvgIpc) is 3.80. The molecule has 0 radical (unpaired) electrons. The zero-order valence-corrected chi connectivity index (χ0v) is 33.5. The molecule has 11 rings (SSSR count). The van der Waals surface area contributed by atoms with Gasteiger partial charge >= 0.3 is 0 Å². The highest BCUT2D eigenvalue weighted by atomic mass is 32.1. The van der Waals surface area contributed by atoms with Crippen molar-refractivity contribution in [1.82, 2.24) is 0 Å². The van der Waals surface area contributed by atoms with Gasteiger partial charge in [-0.2, -0.15) is 0 Å². The maximum absolute atomic E-state index is 6.71. The van der Waals surface area contributed by atoms with Crippen molar-refractivity contribution in [3.05, 3.63) is 205 Å². The van der Waals surface area contributed by atoms with E-state index in [1.807, 2.05) is 11.3 Å². The molecule has 2 atom stereocenters. The van der Waals surface area contributed by atoms with E-state index in [4.69, 9.17) is 14.4 Å². The third kappa shape index (κ3) is 6.37. The first-order valence-electron chi connectivity index (χ1n) is 20.5. The third-order valence-corrected chi connectivity index (χ3v) is 13.2. The van der Waals surface area contributed by atoms with Gasteiger partial charge < -0.3 is 4.42 Å². The molecule has 3 heterocycles. The normalized spacial score (nSPS) is 15.7. The fourth-order valence-electron chi connectivity index (χ4n) is 8.98. The summed E-state index contributed by atoms with van der Waals surface area (Å²) in [7, 11) is 0. The zero-order chi connectivity index (χ0) is 39.3. The predicted molar refractivity (Wildman–Crippen MR) is 250 cm³/mol. The summed E-state index contributed by atoms with van der Waals surface area (Å²) in [6.07, 6.45) is 1.80. The average molecular weight is 777 g/mol. The SMILES string of the molecule is CCC1CC(c2ccccc2)=NC(c2ccc(-c3ccccc3)cc2)=NC1c1ccc2c(c1)oc1ccc(-c3c(-c4ccccc4)ccc4c3sc3ccccc34)cc12. The first-order valence-corrected chi connectivity index (χ1v) is 21.3. The number of amidine groups is 1. The van der Waals surface area contributed by atoms with E-state index < -0.39 is 0 Å². The number of rotatable bonds is 7. The highest BCUT2D eigenvalue weighted by Crippen LogP contribution is 2.46. The van der Waals surface area contributed by atoms with Crippen LogP contribution in [0.2, 0.25) is 0 Å². The summed E-state index contributed by atoms with van der Waals surface area (Å²) < 4.78 is 9.32. The Morgan fingerprint density at radius 2 is 1.17 bits per heavy atom. The van der Waals surface area contributed by atoms with Gasteiger partial charge in [0.1, 0.15) is 11.2 Å². The standard InChI is InChI=1S/C55H40N2OS/c1-2-35-33-48(39-18-10-5-11-19-39)56-55(40-24-22-37(23-25-40)36-14-6-3-7-15-36)57-53(35)42-26-28-44-47-32-41(27-31-49(47)58-50(44)34-42)52-43(38-16-8-4-9-17-38)29-30-46-45-20-12-13-21-51(45)59-54(46)52/h3-32,34-35,53H,2,33H2,1H3. The minimum Gasteiger partial charge on any atom is -0.456 e. The highest BCUT2D eigenvalue weighted by molar-refractivity contribution is 7.26. The van der Waals surface area contributed by atoms with Gasteiger partial charge in [-0.3, -0.25) is 4.99 Å². The highest BCUT2D eigenvalue weighted by Gasteiger charge is 2.29. The summed E-state index contributed by atoms with van der Waals surface area (Å²) in [5.41, 5.74) is 13.4. The number of hydrogen-bond acceptors (Lipinski definition) is 4. The minimum absolute atomic E-state index is 0.0964. The second-order valence-electron chi connectivity index (χ2n) is 15.5. The van der Waals surface area contributed by atoms with Gasteiger partial charge in [0.2, 0.25) is 0 Å². The largest absolute Gasteiger partial charge is 0.456 e. The molecule has 10 aromatic rings. The van der Waals surface area contributed by atoms with Crippen LogP contribution in [0, 0.1) is 5.92 Å². The summed E-state index contributed by atoms with van der Waals surface area (Å²) in [5.74, 6) is 1.02. The predicted octanol–water partition coefficient (Wildman–Crippen LogP) is 15.4. The number of fused-ring (bicyclic) bond motifs is 6. The maximum Gasteiger partial charge on any atom is 0.155 e. The Bertz CT molecular complexity index is 3210. The lowest BCUT2D eigenvalue weighted by molar-refractivity contribution is 0.437. The van der Waals surface area contributed by atoms with E-state index in [-0.39, 0.29) is 12.0 Å². The van der Waals surface area contributed by atoms with E-state index in [1.165, 1.54) is 53.6 Å². The van der Waals surface area contributed by atoms with Crippen LogP contribution in [0.25, 0.3) is 75.5 Å². The van der Waals surface area contributed by atoms with Crippen molar-refractivity contribution >= 4 is 65.0 Å². The van der Waals surface area contributed by atoms with Gasteiger partial charge in [-0.05, 0) is 75.5 Å². The molecule has 0 spiro atoms. The molecule has 0 amide bonds. The molecule has 0 aliphatic carbocycles. The van der Waals surface area contributed by atoms with E-state index in [0.717, 1.165) is 63.0 Å². The van der Waals surface area contributed by atoms with E-state index in [2.05, 4.69) is 195 Å². The molecular formula is C55H40N2OS. The Balaban J connectivity index is 1.02. The van der Waals surface area contributed by atoms with Crippen LogP contribution >= 0.6 is 11.3 Å². The van der Waals surface area contributed by atoms with Crippen molar-refractivity contribution in [2.45, 2.75) is 25.8 Å². The second kappa shape index (κ2) is 14.8. The quantitative estimate of drug-likeness (QED) is 0.159. The molecule has 3 nitrogen and oxygen atoms in total.